The number of anilines is 1. The summed E-state index contributed by atoms with van der Waals surface area (Å²) in [6.07, 6.45) is 1.68. The van der Waals surface area contributed by atoms with Gasteiger partial charge < -0.3 is 0 Å². The molecular formula is C16H14N2O2. The minimum atomic E-state index is -0.469. The van der Waals surface area contributed by atoms with Crippen LogP contribution in [-0.4, -0.2) is 16.7 Å². The first kappa shape index (κ1) is 12.5. The molecule has 0 bridgehead atoms. The van der Waals surface area contributed by atoms with Gasteiger partial charge >= 0.3 is 0 Å². The molecule has 1 aliphatic heterocycles. The van der Waals surface area contributed by atoms with Crippen LogP contribution in [0.4, 0.5) is 5.69 Å². The first-order chi connectivity index (χ1) is 9.59. The number of carbonyl (C=O) groups excluding carboxylic acids is 2. The third kappa shape index (κ3) is 1.81. The first-order valence-corrected chi connectivity index (χ1v) is 6.46. The highest BCUT2D eigenvalue weighted by atomic mass is 16.2. The molecule has 0 N–H and O–H groups in total. The fourth-order valence-corrected chi connectivity index (χ4v) is 2.57. The zero-order valence-corrected chi connectivity index (χ0v) is 11.4. The van der Waals surface area contributed by atoms with Crippen LogP contribution in [0.15, 0.2) is 36.5 Å². The predicted octanol–water partition coefficient (Wildman–Crippen LogP) is 2.43. The van der Waals surface area contributed by atoms with Crippen molar-refractivity contribution in [2.75, 3.05) is 4.90 Å². The minimum Gasteiger partial charge on any atom is -0.298 e. The Labute approximate surface area is 117 Å². The van der Waals surface area contributed by atoms with E-state index in [0.717, 1.165) is 22.5 Å². The zero-order chi connectivity index (χ0) is 14.3. The van der Waals surface area contributed by atoms with E-state index in [4.69, 9.17) is 0 Å². The van der Waals surface area contributed by atoms with E-state index < -0.39 is 11.7 Å². The topological polar surface area (TPSA) is 50.3 Å². The Bertz CT molecular complexity index is 708. The second-order valence-corrected chi connectivity index (χ2v) is 4.96. The van der Waals surface area contributed by atoms with Gasteiger partial charge in [-0.15, -0.1) is 0 Å². The highest BCUT2D eigenvalue weighted by Gasteiger charge is 2.38. The van der Waals surface area contributed by atoms with Gasteiger partial charge in [-0.05, 0) is 37.1 Å². The zero-order valence-electron chi connectivity index (χ0n) is 11.4. The Kier molecular flexibility index (Phi) is 2.86. The van der Waals surface area contributed by atoms with Crippen molar-refractivity contribution in [3.63, 3.8) is 0 Å². The summed E-state index contributed by atoms with van der Waals surface area (Å²) in [5, 5.41) is 0. The number of carbonyl (C=O) groups is 2. The lowest BCUT2D eigenvalue weighted by atomic mass is 10.0. The second kappa shape index (κ2) is 4.56. The molecule has 0 radical (unpaired) electrons. The van der Waals surface area contributed by atoms with Crippen molar-refractivity contribution in [3.8, 4) is 0 Å². The van der Waals surface area contributed by atoms with Crippen LogP contribution in [0.1, 0.15) is 27.2 Å². The lowest BCUT2D eigenvalue weighted by Gasteiger charge is -2.18. The third-order valence-corrected chi connectivity index (χ3v) is 3.57. The molecule has 20 heavy (non-hydrogen) atoms. The SMILES string of the molecule is Cc1ccc(C)c2c1C(=O)C(=O)N2Cc1ccccn1. The predicted molar refractivity (Wildman–Crippen MR) is 75.7 cm³/mol. The van der Waals surface area contributed by atoms with Crippen molar-refractivity contribution in [1.82, 2.24) is 4.98 Å². The lowest BCUT2D eigenvalue weighted by Crippen LogP contribution is -2.29. The van der Waals surface area contributed by atoms with Gasteiger partial charge in [0.1, 0.15) is 0 Å². The molecule has 0 saturated carbocycles. The standard InChI is InChI=1S/C16H14N2O2/c1-10-6-7-11(2)14-13(10)15(19)16(20)18(14)9-12-5-3-4-8-17-12/h3-8H,9H2,1-2H3. The fraction of sp³-hybridized carbons (Fsp3) is 0.188. The molecular weight excluding hydrogens is 252 g/mol. The van der Waals surface area contributed by atoms with Crippen molar-refractivity contribution in [2.45, 2.75) is 20.4 Å². The molecule has 0 unspecified atom stereocenters. The van der Waals surface area contributed by atoms with Gasteiger partial charge in [-0.3, -0.25) is 19.5 Å². The molecule has 0 spiro atoms. The van der Waals surface area contributed by atoms with Gasteiger partial charge in [-0.25, -0.2) is 0 Å². The number of amides is 1. The first-order valence-electron chi connectivity index (χ1n) is 6.46. The number of ketones is 1. The number of hydrogen-bond donors (Lipinski definition) is 0. The van der Waals surface area contributed by atoms with Gasteiger partial charge in [0.15, 0.2) is 0 Å². The van der Waals surface area contributed by atoms with Gasteiger partial charge in [0.2, 0.25) is 0 Å². The van der Waals surface area contributed by atoms with E-state index in [9.17, 15) is 9.59 Å². The molecule has 100 valence electrons. The van der Waals surface area contributed by atoms with Crippen molar-refractivity contribution in [1.29, 1.82) is 0 Å². The third-order valence-electron chi connectivity index (χ3n) is 3.57. The summed E-state index contributed by atoms with van der Waals surface area (Å²) in [6, 6.07) is 9.36. The van der Waals surface area contributed by atoms with E-state index in [1.54, 1.807) is 6.20 Å². The summed E-state index contributed by atoms with van der Waals surface area (Å²) in [4.78, 5) is 30.1. The summed E-state index contributed by atoms with van der Waals surface area (Å²) in [7, 11) is 0. The van der Waals surface area contributed by atoms with Crippen LogP contribution in [0.3, 0.4) is 0 Å². The number of hydrogen-bond acceptors (Lipinski definition) is 3. The van der Waals surface area contributed by atoms with Crippen LogP contribution in [-0.2, 0) is 11.3 Å². The molecule has 3 rings (SSSR count). The highest BCUT2D eigenvalue weighted by molar-refractivity contribution is 6.52. The van der Waals surface area contributed by atoms with Crippen molar-refractivity contribution in [2.24, 2.45) is 0 Å². The Hall–Kier alpha value is -2.49. The number of aromatic nitrogens is 1. The number of Topliss-reactive ketones (excluding diaryl/α,β-unsaturated/α-hetero) is 1. The molecule has 1 aromatic carbocycles. The Morgan fingerprint density at radius 2 is 1.80 bits per heavy atom. The van der Waals surface area contributed by atoms with E-state index in [1.165, 1.54) is 4.90 Å². The quantitative estimate of drug-likeness (QED) is 0.784. The Balaban J connectivity index is 2.09. The van der Waals surface area contributed by atoms with Gasteiger partial charge in [0.25, 0.3) is 11.7 Å². The number of pyridine rings is 1. The number of fused-ring (bicyclic) bond motifs is 1. The Morgan fingerprint density at radius 3 is 2.50 bits per heavy atom. The summed E-state index contributed by atoms with van der Waals surface area (Å²) < 4.78 is 0. The van der Waals surface area contributed by atoms with Crippen LogP contribution in [0.5, 0.6) is 0 Å². The summed E-state index contributed by atoms with van der Waals surface area (Å²) >= 11 is 0. The summed E-state index contributed by atoms with van der Waals surface area (Å²) in [5.74, 6) is -0.889. The van der Waals surface area contributed by atoms with Gasteiger partial charge in [-0.1, -0.05) is 18.2 Å². The molecule has 1 amide bonds. The summed E-state index contributed by atoms with van der Waals surface area (Å²) in [5.41, 5.74) is 3.80. The van der Waals surface area contributed by atoms with Crippen molar-refractivity contribution in [3.05, 3.63) is 58.9 Å². The van der Waals surface area contributed by atoms with E-state index in [0.29, 0.717) is 12.1 Å². The van der Waals surface area contributed by atoms with E-state index in [2.05, 4.69) is 4.98 Å². The van der Waals surface area contributed by atoms with E-state index in [-0.39, 0.29) is 0 Å². The monoisotopic (exact) mass is 266 g/mol. The van der Waals surface area contributed by atoms with Crippen LogP contribution < -0.4 is 4.90 Å². The van der Waals surface area contributed by atoms with E-state index in [1.807, 2.05) is 44.2 Å². The maximum Gasteiger partial charge on any atom is 0.299 e. The lowest BCUT2D eigenvalue weighted by molar-refractivity contribution is -0.114. The average Bonchev–Trinajstić information content (AvgIpc) is 2.70. The average molecular weight is 266 g/mol. The normalized spacial score (nSPS) is 13.8. The Morgan fingerprint density at radius 1 is 1.05 bits per heavy atom. The fourth-order valence-electron chi connectivity index (χ4n) is 2.57. The smallest absolute Gasteiger partial charge is 0.298 e. The second-order valence-electron chi connectivity index (χ2n) is 4.96. The molecule has 4 nitrogen and oxygen atoms in total. The molecule has 0 atom stereocenters. The maximum atomic E-state index is 12.2. The van der Waals surface area contributed by atoms with Gasteiger partial charge in [0.05, 0.1) is 23.5 Å². The highest BCUT2D eigenvalue weighted by Crippen LogP contribution is 2.35. The van der Waals surface area contributed by atoms with Crippen molar-refractivity contribution >= 4 is 17.4 Å². The molecule has 0 aliphatic carbocycles. The number of benzene rings is 1. The number of rotatable bonds is 2. The molecule has 1 aromatic heterocycles. The van der Waals surface area contributed by atoms with Crippen LogP contribution >= 0.6 is 0 Å². The molecule has 0 saturated heterocycles. The molecule has 4 heteroatoms. The van der Waals surface area contributed by atoms with Gasteiger partial charge in [-0.2, -0.15) is 0 Å². The number of aryl methyl sites for hydroxylation is 2. The van der Waals surface area contributed by atoms with E-state index >= 15 is 0 Å². The van der Waals surface area contributed by atoms with Crippen LogP contribution in [0.25, 0.3) is 0 Å². The summed E-state index contributed by atoms with van der Waals surface area (Å²) in [6.45, 7) is 4.09. The molecule has 0 fully saturated rings. The number of nitrogens with zero attached hydrogens (tertiary/aromatic N) is 2. The minimum absolute atomic E-state index is 0.322. The van der Waals surface area contributed by atoms with Gasteiger partial charge in [0, 0.05) is 6.20 Å². The maximum absolute atomic E-state index is 12.2. The van der Waals surface area contributed by atoms with Crippen molar-refractivity contribution < 1.29 is 9.59 Å². The molecule has 1 aliphatic rings. The van der Waals surface area contributed by atoms with Crippen LogP contribution in [0, 0.1) is 13.8 Å². The largest absolute Gasteiger partial charge is 0.299 e. The van der Waals surface area contributed by atoms with Crippen LogP contribution in [0.2, 0.25) is 0 Å². The molecule has 2 aromatic rings. The molecule has 2 heterocycles.